The van der Waals surface area contributed by atoms with Crippen LogP contribution in [0.15, 0.2) is 12.2 Å². The first-order valence-electron chi connectivity index (χ1n) is 4.65. The highest BCUT2D eigenvalue weighted by atomic mass is 19.1. The van der Waals surface area contributed by atoms with Gasteiger partial charge < -0.3 is 5.32 Å². The first kappa shape index (κ1) is 10.2. The second-order valence-electron chi connectivity index (χ2n) is 3.93. The minimum absolute atomic E-state index is 0.118. The maximum absolute atomic E-state index is 13.1. The van der Waals surface area contributed by atoms with Crippen LogP contribution in [0.2, 0.25) is 0 Å². The second-order valence-corrected chi connectivity index (χ2v) is 3.93. The molecule has 0 aliphatic heterocycles. The van der Waals surface area contributed by atoms with Crippen LogP contribution in [0.5, 0.6) is 0 Å². The van der Waals surface area contributed by atoms with E-state index >= 15 is 0 Å². The van der Waals surface area contributed by atoms with Gasteiger partial charge in [-0.2, -0.15) is 0 Å². The molecule has 0 spiro atoms. The molecule has 1 aliphatic rings. The number of rotatable bonds is 2. The number of halogens is 1. The smallest absolute Gasteiger partial charge is 0.257 e. The van der Waals surface area contributed by atoms with E-state index < -0.39 is 11.6 Å². The lowest BCUT2D eigenvalue weighted by Gasteiger charge is -2.22. The maximum atomic E-state index is 13.1. The first-order chi connectivity index (χ1) is 6.00. The standard InChI is InChI=1S/C10H16FNO/c1-10(2,11)9(13)12-8-6-4-3-5-7-8/h3-4,8H,5-7H2,1-2H3,(H,12,13). The van der Waals surface area contributed by atoms with Crippen LogP contribution >= 0.6 is 0 Å². The molecule has 0 fully saturated rings. The number of amides is 1. The molecule has 13 heavy (non-hydrogen) atoms. The fraction of sp³-hybridized carbons (Fsp3) is 0.700. The van der Waals surface area contributed by atoms with E-state index in [1.165, 1.54) is 13.8 Å². The van der Waals surface area contributed by atoms with E-state index in [-0.39, 0.29) is 6.04 Å². The van der Waals surface area contributed by atoms with Crippen molar-refractivity contribution in [2.45, 2.75) is 44.8 Å². The fourth-order valence-corrected chi connectivity index (χ4v) is 1.28. The van der Waals surface area contributed by atoms with Gasteiger partial charge in [0.1, 0.15) is 0 Å². The zero-order chi connectivity index (χ0) is 9.90. The van der Waals surface area contributed by atoms with Crippen molar-refractivity contribution in [3.8, 4) is 0 Å². The molecule has 1 atom stereocenters. The molecule has 0 heterocycles. The van der Waals surface area contributed by atoms with Crippen molar-refractivity contribution in [3.05, 3.63) is 12.2 Å². The van der Waals surface area contributed by atoms with Gasteiger partial charge in [-0.25, -0.2) is 4.39 Å². The van der Waals surface area contributed by atoms with Gasteiger partial charge in [-0.05, 0) is 33.1 Å². The Morgan fingerprint density at radius 1 is 1.54 bits per heavy atom. The Labute approximate surface area is 78.2 Å². The Bertz CT molecular complexity index is 217. The molecular formula is C10H16FNO. The lowest BCUT2D eigenvalue weighted by molar-refractivity contribution is -0.131. The topological polar surface area (TPSA) is 29.1 Å². The summed E-state index contributed by atoms with van der Waals surface area (Å²) in [5, 5.41) is 2.69. The van der Waals surface area contributed by atoms with Crippen molar-refractivity contribution in [1.29, 1.82) is 0 Å². The lowest BCUT2D eigenvalue weighted by atomic mass is 10.0. The maximum Gasteiger partial charge on any atom is 0.257 e. The van der Waals surface area contributed by atoms with Crippen molar-refractivity contribution >= 4 is 5.91 Å². The van der Waals surface area contributed by atoms with Crippen LogP contribution in [0.4, 0.5) is 4.39 Å². The molecule has 1 rings (SSSR count). The summed E-state index contributed by atoms with van der Waals surface area (Å²) in [6.45, 7) is 2.56. The van der Waals surface area contributed by atoms with Crippen molar-refractivity contribution < 1.29 is 9.18 Å². The molecule has 1 aliphatic carbocycles. The molecule has 3 heteroatoms. The SMILES string of the molecule is CC(C)(F)C(=O)NC1CC=CCC1. The number of allylic oxidation sites excluding steroid dienone is 1. The molecule has 1 amide bonds. The highest BCUT2D eigenvalue weighted by Gasteiger charge is 2.28. The Kier molecular flexibility index (Phi) is 3.07. The average Bonchev–Trinajstić information content (AvgIpc) is 2.04. The minimum atomic E-state index is -1.76. The number of hydrogen-bond acceptors (Lipinski definition) is 1. The first-order valence-corrected chi connectivity index (χ1v) is 4.65. The molecular weight excluding hydrogens is 169 g/mol. The zero-order valence-corrected chi connectivity index (χ0v) is 8.14. The molecule has 1 unspecified atom stereocenters. The largest absolute Gasteiger partial charge is 0.350 e. The summed E-state index contributed by atoms with van der Waals surface area (Å²) in [4.78, 5) is 11.2. The lowest BCUT2D eigenvalue weighted by Crippen LogP contribution is -2.44. The second kappa shape index (κ2) is 3.90. The van der Waals surface area contributed by atoms with Crippen LogP contribution in [0.25, 0.3) is 0 Å². The van der Waals surface area contributed by atoms with E-state index in [4.69, 9.17) is 0 Å². The molecule has 0 radical (unpaired) electrons. The van der Waals surface area contributed by atoms with E-state index in [0.717, 1.165) is 19.3 Å². The monoisotopic (exact) mass is 185 g/mol. The summed E-state index contributed by atoms with van der Waals surface area (Å²) in [6.07, 6.45) is 6.82. The molecule has 0 saturated heterocycles. The Balaban J connectivity index is 2.40. The molecule has 2 nitrogen and oxygen atoms in total. The summed E-state index contributed by atoms with van der Waals surface area (Å²) < 4.78 is 13.1. The van der Waals surface area contributed by atoms with E-state index in [2.05, 4.69) is 11.4 Å². The molecule has 0 aromatic heterocycles. The van der Waals surface area contributed by atoms with E-state index in [0.29, 0.717) is 0 Å². The van der Waals surface area contributed by atoms with Gasteiger partial charge in [0.05, 0.1) is 0 Å². The number of nitrogens with one attached hydrogen (secondary N) is 1. The van der Waals surface area contributed by atoms with Crippen LogP contribution in [0, 0.1) is 0 Å². The predicted octanol–water partition coefficient (Wildman–Crippen LogP) is 1.96. The quantitative estimate of drug-likeness (QED) is 0.655. The normalized spacial score (nSPS) is 22.8. The van der Waals surface area contributed by atoms with Gasteiger partial charge in [0.2, 0.25) is 0 Å². The van der Waals surface area contributed by atoms with E-state index in [1.54, 1.807) is 0 Å². The zero-order valence-electron chi connectivity index (χ0n) is 8.14. The Hall–Kier alpha value is -0.860. The van der Waals surface area contributed by atoms with Crippen LogP contribution in [0.3, 0.4) is 0 Å². The highest BCUT2D eigenvalue weighted by Crippen LogP contribution is 2.13. The predicted molar refractivity (Wildman–Crippen MR) is 50.1 cm³/mol. The van der Waals surface area contributed by atoms with Crippen molar-refractivity contribution in [3.63, 3.8) is 0 Å². The van der Waals surface area contributed by atoms with Crippen molar-refractivity contribution in [2.24, 2.45) is 0 Å². The summed E-state index contributed by atoms with van der Waals surface area (Å²) in [7, 11) is 0. The molecule has 74 valence electrons. The van der Waals surface area contributed by atoms with Crippen molar-refractivity contribution in [2.75, 3.05) is 0 Å². The molecule has 0 bridgehead atoms. The van der Waals surface area contributed by atoms with Gasteiger partial charge in [0.15, 0.2) is 5.67 Å². The van der Waals surface area contributed by atoms with Gasteiger partial charge in [-0.1, -0.05) is 12.2 Å². The van der Waals surface area contributed by atoms with Gasteiger partial charge in [0, 0.05) is 6.04 Å². The number of hydrogen-bond donors (Lipinski definition) is 1. The van der Waals surface area contributed by atoms with Gasteiger partial charge in [-0.15, -0.1) is 0 Å². The van der Waals surface area contributed by atoms with Crippen LogP contribution in [-0.2, 0) is 4.79 Å². The average molecular weight is 185 g/mol. The van der Waals surface area contributed by atoms with E-state index in [1.807, 2.05) is 6.08 Å². The molecule has 1 N–H and O–H groups in total. The molecule has 0 saturated carbocycles. The fourth-order valence-electron chi connectivity index (χ4n) is 1.28. The number of carbonyl (C=O) groups is 1. The third kappa shape index (κ3) is 3.17. The van der Waals surface area contributed by atoms with Crippen LogP contribution in [0.1, 0.15) is 33.1 Å². The van der Waals surface area contributed by atoms with Gasteiger partial charge in [0.25, 0.3) is 5.91 Å². The van der Waals surface area contributed by atoms with Gasteiger partial charge >= 0.3 is 0 Å². The van der Waals surface area contributed by atoms with Crippen LogP contribution < -0.4 is 5.32 Å². The summed E-state index contributed by atoms with van der Waals surface area (Å²) in [5.74, 6) is -0.507. The van der Waals surface area contributed by atoms with Crippen molar-refractivity contribution in [1.82, 2.24) is 5.32 Å². The van der Waals surface area contributed by atoms with E-state index in [9.17, 15) is 9.18 Å². The minimum Gasteiger partial charge on any atom is -0.350 e. The Morgan fingerprint density at radius 2 is 2.23 bits per heavy atom. The summed E-state index contributed by atoms with van der Waals surface area (Å²) in [5.41, 5.74) is -1.76. The summed E-state index contributed by atoms with van der Waals surface area (Å²) in [6, 6.07) is 0.118. The number of alkyl halides is 1. The Morgan fingerprint density at radius 3 is 2.69 bits per heavy atom. The van der Waals surface area contributed by atoms with Crippen LogP contribution in [-0.4, -0.2) is 17.6 Å². The third-order valence-electron chi connectivity index (χ3n) is 2.14. The molecule has 0 aromatic carbocycles. The molecule has 0 aromatic rings. The van der Waals surface area contributed by atoms with Gasteiger partial charge in [-0.3, -0.25) is 4.79 Å². The highest BCUT2D eigenvalue weighted by molar-refractivity contribution is 5.84. The summed E-state index contributed by atoms with van der Waals surface area (Å²) >= 11 is 0. The number of carbonyl (C=O) groups excluding carboxylic acids is 1. The third-order valence-corrected chi connectivity index (χ3v) is 2.14.